The summed E-state index contributed by atoms with van der Waals surface area (Å²) in [6.07, 6.45) is -0.117. The lowest BCUT2D eigenvalue weighted by Crippen LogP contribution is -2.32. The maximum absolute atomic E-state index is 13.0. The number of para-hydroxylation sites is 1. The van der Waals surface area contributed by atoms with Crippen LogP contribution in [-0.4, -0.2) is 24.5 Å². The van der Waals surface area contributed by atoms with Crippen LogP contribution in [-0.2, 0) is 11.2 Å². The highest BCUT2D eigenvalue weighted by Crippen LogP contribution is 2.17. The number of halogens is 1. The van der Waals surface area contributed by atoms with E-state index in [9.17, 15) is 14.0 Å². The van der Waals surface area contributed by atoms with Gasteiger partial charge in [0.05, 0.1) is 11.3 Å². The molecule has 3 rings (SSSR count). The van der Waals surface area contributed by atoms with Crippen molar-refractivity contribution in [2.75, 3.05) is 11.9 Å². The summed E-state index contributed by atoms with van der Waals surface area (Å²) in [5.74, 6) is -0.685. The summed E-state index contributed by atoms with van der Waals surface area (Å²) in [6, 6.07) is 22.1. The second kappa shape index (κ2) is 10.2. The van der Waals surface area contributed by atoms with Crippen molar-refractivity contribution in [3.8, 4) is 5.75 Å². The van der Waals surface area contributed by atoms with Gasteiger partial charge in [-0.25, -0.2) is 4.39 Å². The molecule has 5 nitrogen and oxygen atoms in total. The minimum atomic E-state index is -0.829. The Hall–Kier alpha value is -3.67. The monoisotopic (exact) mass is 406 g/mol. The summed E-state index contributed by atoms with van der Waals surface area (Å²) >= 11 is 0. The molecular formula is C24H23FN2O3. The smallest absolute Gasteiger partial charge is 0.265 e. The molecule has 6 heteroatoms. The Bertz CT molecular complexity index is 991. The van der Waals surface area contributed by atoms with Gasteiger partial charge in [-0.3, -0.25) is 9.59 Å². The SMILES string of the molecule is C[C@@H](Oc1ccc(F)cc1)C(=O)Nc1ccccc1C(=O)NCCc1ccccc1. The minimum Gasteiger partial charge on any atom is -0.481 e. The molecule has 0 fully saturated rings. The topological polar surface area (TPSA) is 67.4 Å². The first-order valence-electron chi connectivity index (χ1n) is 9.67. The van der Waals surface area contributed by atoms with Crippen LogP contribution >= 0.6 is 0 Å². The van der Waals surface area contributed by atoms with Gasteiger partial charge in [-0.15, -0.1) is 0 Å². The number of rotatable bonds is 8. The molecule has 0 saturated carbocycles. The number of hydrogen-bond acceptors (Lipinski definition) is 3. The van der Waals surface area contributed by atoms with Crippen LogP contribution in [0.3, 0.4) is 0 Å². The number of benzene rings is 3. The lowest BCUT2D eigenvalue weighted by molar-refractivity contribution is -0.122. The first-order valence-corrected chi connectivity index (χ1v) is 9.67. The summed E-state index contributed by atoms with van der Waals surface area (Å²) in [5, 5.41) is 5.61. The molecule has 0 aliphatic carbocycles. The van der Waals surface area contributed by atoms with Crippen molar-refractivity contribution in [2.24, 2.45) is 0 Å². The molecule has 0 aliphatic heterocycles. The number of anilines is 1. The van der Waals surface area contributed by atoms with E-state index in [4.69, 9.17) is 4.74 Å². The third-order valence-corrected chi connectivity index (χ3v) is 4.47. The number of nitrogens with one attached hydrogen (secondary N) is 2. The number of carbonyl (C=O) groups is 2. The van der Waals surface area contributed by atoms with E-state index in [1.807, 2.05) is 30.3 Å². The molecule has 0 heterocycles. The van der Waals surface area contributed by atoms with E-state index in [0.29, 0.717) is 30.0 Å². The van der Waals surface area contributed by atoms with Crippen LogP contribution in [0.25, 0.3) is 0 Å². The molecule has 0 unspecified atom stereocenters. The minimum absolute atomic E-state index is 0.270. The Morgan fingerprint density at radius 3 is 2.33 bits per heavy atom. The zero-order chi connectivity index (χ0) is 21.3. The van der Waals surface area contributed by atoms with E-state index in [-0.39, 0.29) is 11.7 Å². The number of carbonyl (C=O) groups excluding carboxylic acids is 2. The fourth-order valence-corrected chi connectivity index (χ4v) is 2.86. The van der Waals surface area contributed by atoms with E-state index < -0.39 is 12.0 Å². The van der Waals surface area contributed by atoms with E-state index in [0.717, 1.165) is 5.56 Å². The first kappa shape index (κ1) is 21.0. The van der Waals surface area contributed by atoms with E-state index in [1.165, 1.54) is 24.3 Å². The molecule has 30 heavy (non-hydrogen) atoms. The molecule has 2 amide bonds. The summed E-state index contributed by atoms with van der Waals surface area (Å²) in [5.41, 5.74) is 1.90. The van der Waals surface area contributed by atoms with Crippen molar-refractivity contribution >= 4 is 17.5 Å². The van der Waals surface area contributed by atoms with Gasteiger partial charge in [-0.05, 0) is 55.3 Å². The van der Waals surface area contributed by atoms with Gasteiger partial charge in [0.15, 0.2) is 6.10 Å². The van der Waals surface area contributed by atoms with Crippen molar-refractivity contribution in [2.45, 2.75) is 19.4 Å². The van der Waals surface area contributed by atoms with Crippen molar-refractivity contribution in [3.63, 3.8) is 0 Å². The largest absolute Gasteiger partial charge is 0.481 e. The average Bonchev–Trinajstić information content (AvgIpc) is 2.76. The molecular weight excluding hydrogens is 383 g/mol. The molecule has 3 aromatic carbocycles. The van der Waals surface area contributed by atoms with Gasteiger partial charge >= 0.3 is 0 Å². The third-order valence-electron chi connectivity index (χ3n) is 4.47. The highest BCUT2D eigenvalue weighted by molar-refractivity contribution is 6.04. The predicted molar refractivity (Wildman–Crippen MR) is 114 cm³/mol. The molecule has 0 radical (unpaired) electrons. The number of amides is 2. The van der Waals surface area contributed by atoms with Gasteiger partial charge < -0.3 is 15.4 Å². The van der Waals surface area contributed by atoms with Crippen LogP contribution in [0.2, 0.25) is 0 Å². The lowest BCUT2D eigenvalue weighted by Gasteiger charge is -2.16. The Labute approximate surface area is 174 Å². The van der Waals surface area contributed by atoms with Crippen molar-refractivity contribution in [1.82, 2.24) is 5.32 Å². The van der Waals surface area contributed by atoms with Crippen LogP contribution in [0.4, 0.5) is 10.1 Å². The Morgan fingerprint density at radius 2 is 1.60 bits per heavy atom. The van der Waals surface area contributed by atoms with E-state index >= 15 is 0 Å². The third kappa shape index (κ3) is 5.91. The summed E-state index contributed by atoms with van der Waals surface area (Å²) in [4.78, 5) is 25.1. The van der Waals surface area contributed by atoms with Crippen molar-refractivity contribution < 1.29 is 18.7 Å². The maximum atomic E-state index is 13.0. The Kier molecular flexibility index (Phi) is 7.16. The first-order chi connectivity index (χ1) is 14.5. The van der Waals surface area contributed by atoms with Gasteiger partial charge in [0, 0.05) is 6.54 Å². The number of ether oxygens (including phenoxy) is 1. The zero-order valence-electron chi connectivity index (χ0n) is 16.6. The standard InChI is InChI=1S/C24H23FN2O3/c1-17(30-20-13-11-19(25)12-14-20)23(28)27-22-10-6-5-9-21(22)24(29)26-16-15-18-7-3-2-4-8-18/h2-14,17H,15-16H2,1H3,(H,26,29)(H,27,28)/t17-/m1/s1. The highest BCUT2D eigenvalue weighted by atomic mass is 19.1. The fourth-order valence-electron chi connectivity index (χ4n) is 2.86. The van der Waals surface area contributed by atoms with Gasteiger partial charge in [-0.2, -0.15) is 0 Å². The second-order valence-electron chi connectivity index (χ2n) is 6.74. The lowest BCUT2D eigenvalue weighted by atomic mass is 10.1. The van der Waals surface area contributed by atoms with Crippen LogP contribution in [0.1, 0.15) is 22.8 Å². The molecule has 3 aromatic rings. The highest BCUT2D eigenvalue weighted by Gasteiger charge is 2.18. The van der Waals surface area contributed by atoms with Crippen LogP contribution in [0, 0.1) is 5.82 Å². The Balaban J connectivity index is 1.58. The normalized spacial score (nSPS) is 11.4. The molecule has 0 saturated heterocycles. The van der Waals surface area contributed by atoms with Crippen LogP contribution in [0.15, 0.2) is 78.9 Å². The second-order valence-corrected chi connectivity index (χ2v) is 6.74. The molecule has 0 bridgehead atoms. The van der Waals surface area contributed by atoms with Crippen LogP contribution < -0.4 is 15.4 Å². The van der Waals surface area contributed by atoms with Crippen molar-refractivity contribution in [1.29, 1.82) is 0 Å². The summed E-state index contributed by atoms with van der Waals surface area (Å²) < 4.78 is 18.5. The summed E-state index contributed by atoms with van der Waals surface area (Å²) in [6.45, 7) is 2.07. The zero-order valence-corrected chi connectivity index (χ0v) is 16.6. The molecule has 0 aliphatic rings. The average molecular weight is 406 g/mol. The molecule has 0 spiro atoms. The quantitative estimate of drug-likeness (QED) is 0.589. The van der Waals surface area contributed by atoms with Gasteiger partial charge in [0.25, 0.3) is 11.8 Å². The summed E-state index contributed by atoms with van der Waals surface area (Å²) in [7, 11) is 0. The van der Waals surface area contributed by atoms with Gasteiger partial charge in [0.2, 0.25) is 0 Å². The van der Waals surface area contributed by atoms with Gasteiger partial charge in [0.1, 0.15) is 11.6 Å². The van der Waals surface area contributed by atoms with E-state index in [2.05, 4.69) is 10.6 Å². The predicted octanol–water partition coefficient (Wildman–Crippen LogP) is 4.20. The molecule has 154 valence electrons. The van der Waals surface area contributed by atoms with Crippen LogP contribution in [0.5, 0.6) is 5.75 Å². The Morgan fingerprint density at radius 1 is 0.933 bits per heavy atom. The van der Waals surface area contributed by atoms with E-state index in [1.54, 1.807) is 31.2 Å². The molecule has 1 atom stereocenters. The maximum Gasteiger partial charge on any atom is 0.265 e. The number of hydrogen-bond donors (Lipinski definition) is 2. The van der Waals surface area contributed by atoms with Gasteiger partial charge in [-0.1, -0.05) is 42.5 Å². The molecule has 0 aromatic heterocycles. The molecule has 2 N–H and O–H groups in total. The fraction of sp³-hybridized carbons (Fsp3) is 0.167. The van der Waals surface area contributed by atoms with Crippen molar-refractivity contribution in [3.05, 3.63) is 95.8 Å².